The Hall–Kier alpha value is -2.81. The number of hydrogen-bond acceptors (Lipinski definition) is 5. The molecule has 1 amide bonds. The zero-order valence-electron chi connectivity index (χ0n) is 17.3. The highest BCUT2D eigenvalue weighted by Crippen LogP contribution is 2.35. The van der Waals surface area contributed by atoms with Gasteiger partial charge in [-0.05, 0) is 55.4 Å². The summed E-state index contributed by atoms with van der Waals surface area (Å²) in [6, 6.07) is 9.66. The number of anilines is 1. The molecule has 0 spiro atoms. The molecule has 1 aromatic carbocycles. The standard InChI is InChI=1S/C23H29N3O3/c1-25(2)20-11-9-17(10-12-20)14-19(15-24)23(28)29-16-22(27)26-13-5-7-18-6-3-4-8-21(18)26/h9-12,14,18,21H,3-8,13,16H2,1-2H3/b19-14+/t18-,21-/m0/s1. The highest BCUT2D eigenvalue weighted by molar-refractivity contribution is 5.98. The van der Waals surface area contributed by atoms with Crippen LogP contribution in [0.15, 0.2) is 29.8 Å². The summed E-state index contributed by atoms with van der Waals surface area (Å²) >= 11 is 0. The fourth-order valence-electron chi connectivity index (χ4n) is 4.39. The first-order valence-electron chi connectivity index (χ1n) is 10.4. The van der Waals surface area contributed by atoms with E-state index in [1.54, 1.807) is 0 Å². The van der Waals surface area contributed by atoms with Crippen molar-refractivity contribution in [3.05, 3.63) is 35.4 Å². The Morgan fingerprint density at radius 2 is 1.86 bits per heavy atom. The Kier molecular flexibility index (Phi) is 6.92. The summed E-state index contributed by atoms with van der Waals surface area (Å²) in [5.74, 6) is -0.325. The minimum Gasteiger partial charge on any atom is -0.451 e. The quantitative estimate of drug-likeness (QED) is 0.434. The van der Waals surface area contributed by atoms with Crippen molar-refractivity contribution in [2.24, 2.45) is 5.92 Å². The molecule has 154 valence electrons. The summed E-state index contributed by atoms with van der Waals surface area (Å²) in [5, 5.41) is 9.35. The van der Waals surface area contributed by atoms with Gasteiger partial charge in [-0.1, -0.05) is 25.0 Å². The number of likely N-dealkylation sites (tertiary alicyclic amines) is 1. The van der Waals surface area contributed by atoms with Crippen molar-refractivity contribution in [3.63, 3.8) is 0 Å². The first-order valence-corrected chi connectivity index (χ1v) is 10.4. The van der Waals surface area contributed by atoms with Gasteiger partial charge in [0, 0.05) is 32.4 Å². The molecule has 1 aromatic rings. The van der Waals surface area contributed by atoms with Crippen LogP contribution in [0.3, 0.4) is 0 Å². The molecule has 1 heterocycles. The van der Waals surface area contributed by atoms with Crippen molar-refractivity contribution in [2.45, 2.75) is 44.6 Å². The zero-order valence-corrected chi connectivity index (χ0v) is 17.3. The van der Waals surface area contributed by atoms with Gasteiger partial charge in [0.2, 0.25) is 0 Å². The van der Waals surface area contributed by atoms with Crippen molar-refractivity contribution in [1.29, 1.82) is 5.26 Å². The van der Waals surface area contributed by atoms with Gasteiger partial charge in [-0.25, -0.2) is 4.79 Å². The summed E-state index contributed by atoms with van der Waals surface area (Å²) in [7, 11) is 3.88. The molecule has 0 radical (unpaired) electrons. The van der Waals surface area contributed by atoms with Crippen molar-refractivity contribution >= 4 is 23.6 Å². The minimum atomic E-state index is -0.755. The van der Waals surface area contributed by atoms with Crippen molar-refractivity contribution < 1.29 is 14.3 Å². The molecule has 1 aliphatic heterocycles. The van der Waals surface area contributed by atoms with E-state index in [4.69, 9.17) is 4.74 Å². The fourth-order valence-corrected chi connectivity index (χ4v) is 4.39. The molecule has 0 N–H and O–H groups in total. The van der Waals surface area contributed by atoms with E-state index in [0.717, 1.165) is 37.1 Å². The molecule has 6 nitrogen and oxygen atoms in total. The van der Waals surface area contributed by atoms with E-state index in [0.29, 0.717) is 5.92 Å². The van der Waals surface area contributed by atoms with Crippen LogP contribution >= 0.6 is 0 Å². The van der Waals surface area contributed by atoms with E-state index in [2.05, 4.69) is 0 Å². The lowest BCUT2D eigenvalue weighted by Crippen LogP contribution is -2.50. The Labute approximate surface area is 172 Å². The molecule has 0 aromatic heterocycles. The van der Waals surface area contributed by atoms with Gasteiger partial charge >= 0.3 is 5.97 Å². The first kappa shape index (κ1) is 20.9. The van der Waals surface area contributed by atoms with Gasteiger partial charge in [-0.2, -0.15) is 5.26 Å². The highest BCUT2D eigenvalue weighted by atomic mass is 16.5. The van der Waals surface area contributed by atoms with E-state index in [9.17, 15) is 14.9 Å². The second kappa shape index (κ2) is 9.60. The third-order valence-electron chi connectivity index (χ3n) is 5.95. The number of esters is 1. The van der Waals surface area contributed by atoms with Gasteiger partial charge in [0.15, 0.2) is 6.61 Å². The Balaban J connectivity index is 1.59. The van der Waals surface area contributed by atoms with E-state index >= 15 is 0 Å². The molecule has 3 rings (SSSR count). The summed E-state index contributed by atoms with van der Waals surface area (Å²) in [4.78, 5) is 28.9. The lowest BCUT2D eigenvalue weighted by molar-refractivity contribution is -0.152. The minimum absolute atomic E-state index is 0.107. The number of piperidine rings is 1. The first-order chi connectivity index (χ1) is 14.0. The van der Waals surface area contributed by atoms with Crippen LogP contribution < -0.4 is 4.90 Å². The van der Waals surface area contributed by atoms with Gasteiger partial charge in [-0.3, -0.25) is 4.79 Å². The number of carbonyl (C=O) groups is 2. The molecule has 2 aliphatic rings. The van der Waals surface area contributed by atoms with Crippen LogP contribution in [-0.2, 0) is 14.3 Å². The highest BCUT2D eigenvalue weighted by Gasteiger charge is 2.35. The van der Waals surface area contributed by atoms with Gasteiger partial charge in [0.1, 0.15) is 11.6 Å². The van der Waals surface area contributed by atoms with Gasteiger partial charge < -0.3 is 14.5 Å². The second-order valence-electron chi connectivity index (χ2n) is 8.07. The maximum atomic E-state index is 12.7. The van der Waals surface area contributed by atoms with Crippen LogP contribution in [0, 0.1) is 17.2 Å². The van der Waals surface area contributed by atoms with E-state index in [1.807, 2.05) is 54.2 Å². The summed E-state index contributed by atoms with van der Waals surface area (Å²) in [6.45, 7) is 0.428. The average molecular weight is 396 g/mol. The molecule has 1 aliphatic carbocycles. The molecule has 1 saturated heterocycles. The topological polar surface area (TPSA) is 73.6 Å². The predicted molar refractivity (Wildman–Crippen MR) is 112 cm³/mol. The van der Waals surface area contributed by atoms with Crippen LogP contribution in [0.2, 0.25) is 0 Å². The third-order valence-corrected chi connectivity index (χ3v) is 5.95. The number of nitrogens with zero attached hydrogens (tertiary/aromatic N) is 3. The smallest absolute Gasteiger partial charge is 0.349 e. The molecule has 6 heteroatoms. The SMILES string of the molecule is CN(C)c1ccc(/C=C(\C#N)C(=O)OCC(=O)N2CCC[C@@H]3CCCC[C@@H]32)cc1. The third kappa shape index (κ3) is 5.17. The molecule has 1 saturated carbocycles. The zero-order chi connectivity index (χ0) is 20.8. The number of carbonyl (C=O) groups excluding carboxylic acids is 2. The number of fused-ring (bicyclic) bond motifs is 1. The number of benzene rings is 1. The van der Waals surface area contributed by atoms with E-state index in [-0.39, 0.29) is 24.1 Å². The maximum Gasteiger partial charge on any atom is 0.349 e. The number of hydrogen-bond donors (Lipinski definition) is 0. The van der Waals surface area contributed by atoms with Gasteiger partial charge in [0.25, 0.3) is 5.91 Å². The Morgan fingerprint density at radius 1 is 1.17 bits per heavy atom. The number of rotatable bonds is 5. The maximum absolute atomic E-state index is 12.7. The lowest BCUT2D eigenvalue weighted by atomic mass is 9.78. The van der Waals surface area contributed by atoms with E-state index < -0.39 is 5.97 Å². The van der Waals surface area contributed by atoms with Crippen molar-refractivity contribution in [2.75, 3.05) is 32.1 Å². The molecule has 0 bridgehead atoms. The molecule has 29 heavy (non-hydrogen) atoms. The molecular formula is C23H29N3O3. The largest absolute Gasteiger partial charge is 0.451 e. The fraction of sp³-hybridized carbons (Fsp3) is 0.522. The van der Waals surface area contributed by atoms with Crippen molar-refractivity contribution in [3.8, 4) is 6.07 Å². The summed E-state index contributed by atoms with van der Waals surface area (Å²) < 4.78 is 5.19. The lowest BCUT2D eigenvalue weighted by Gasteiger charge is -2.44. The summed E-state index contributed by atoms with van der Waals surface area (Å²) in [5.41, 5.74) is 1.65. The van der Waals surface area contributed by atoms with Gasteiger partial charge in [0.05, 0.1) is 0 Å². The van der Waals surface area contributed by atoms with Crippen LogP contribution in [0.4, 0.5) is 5.69 Å². The monoisotopic (exact) mass is 395 g/mol. The number of nitriles is 1. The average Bonchev–Trinajstić information content (AvgIpc) is 2.75. The Bertz CT molecular complexity index is 806. The Morgan fingerprint density at radius 3 is 2.55 bits per heavy atom. The molecule has 2 fully saturated rings. The van der Waals surface area contributed by atoms with E-state index in [1.165, 1.54) is 25.3 Å². The molecule has 0 unspecified atom stereocenters. The van der Waals surface area contributed by atoms with Crippen LogP contribution in [0.5, 0.6) is 0 Å². The van der Waals surface area contributed by atoms with Crippen LogP contribution in [0.25, 0.3) is 6.08 Å². The number of ether oxygens (including phenoxy) is 1. The van der Waals surface area contributed by atoms with Crippen LogP contribution in [0.1, 0.15) is 44.1 Å². The molecule has 2 atom stereocenters. The predicted octanol–water partition coefficient (Wildman–Crippen LogP) is 3.38. The molecular weight excluding hydrogens is 366 g/mol. The van der Waals surface area contributed by atoms with Crippen molar-refractivity contribution in [1.82, 2.24) is 4.90 Å². The second-order valence-corrected chi connectivity index (χ2v) is 8.07. The summed E-state index contributed by atoms with van der Waals surface area (Å²) in [6.07, 6.45) is 8.29. The normalized spacial score (nSPS) is 21.7. The van der Waals surface area contributed by atoms with Gasteiger partial charge in [-0.15, -0.1) is 0 Å². The number of amides is 1. The van der Waals surface area contributed by atoms with Crippen LogP contribution in [-0.4, -0.2) is 50.1 Å².